The highest BCUT2D eigenvalue weighted by atomic mass is 32.2. The molecule has 0 fully saturated rings. The van der Waals surface area contributed by atoms with Gasteiger partial charge in [-0.3, -0.25) is 13.7 Å². The zero-order valence-electron chi connectivity index (χ0n) is 22.6. The topological polar surface area (TPSA) is 110 Å². The number of amides is 1. The van der Waals surface area contributed by atoms with E-state index in [0.717, 1.165) is 16.8 Å². The summed E-state index contributed by atoms with van der Waals surface area (Å²) in [4.78, 5) is 21.7. The molecule has 3 aromatic heterocycles. The molecule has 0 radical (unpaired) electrons. The minimum absolute atomic E-state index is 0.213. The largest absolute Gasteiger partial charge is 0.455 e. The van der Waals surface area contributed by atoms with Crippen molar-refractivity contribution in [3.63, 3.8) is 0 Å². The molecular weight excluding hydrogens is 564 g/mol. The summed E-state index contributed by atoms with van der Waals surface area (Å²) >= 11 is 0. The molecule has 6 aromatic rings. The van der Waals surface area contributed by atoms with Gasteiger partial charge in [-0.05, 0) is 60.2 Å². The molecule has 0 spiro atoms. The summed E-state index contributed by atoms with van der Waals surface area (Å²) in [6.07, 6.45) is 3.76. The second kappa shape index (κ2) is 10.1. The Balaban J connectivity index is 1.63. The number of hydrogen-bond acceptors (Lipinski definition) is 6. The first-order chi connectivity index (χ1) is 20.0. The van der Waals surface area contributed by atoms with E-state index in [1.54, 1.807) is 35.2 Å². The number of anilines is 1. The van der Waals surface area contributed by atoms with Gasteiger partial charge in [0.05, 0.1) is 34.7 Å². The van der Waals surface area contributed by atoms with Crippen molar-refractivity contribution in [2.24, 2.45) is 0 Å². The molecule has 3 aromatic carbocycles. The maximum atomic E-state index is 13.7. The third-order valence-corrected chi connectivity index (χ3v) is 8.21. The molecule has 42 heavy (non-hydrogen) atoms. The Morgan fingerprint density at radius 2 is 1.67 bits per heavy atom. The third-order valence-electron chi connectivity index (χ3n) is 7.02. The number of pyridine rings is 1. The van der Waals surface area contributed by atoms with Crippen LogP contribution >= 0.6 is 0 Å². The first-order valence-corrected chi connectivity index (χ1v) is 14.5. The Kier molecular flexibility index (Phi) is 6.49. The number of nitrogens with zero attached hydrogens (tertiary/aromatic N) is 4. The van der Waals surface area contributed by atoms with Crippen molar-refractivity contribution in [3.05, 3.63) is 96.5 Å². The molecular formula is C30H23F2N5O4S. The van der Waals surface area contributed by atoms with Crippen LogP contribution in [0.25, 0.3) is 50.3 Å². The fraction of sp³-hybridized carbons (Fsp3) is 0.100. The van der Waals surface area contributed by atoms with Crippen LogP contribution in [0.3, 0.4) is 0 Å². The predicted molar refractivity (Wildman–Crippen MR) is 156 cm³/mol. The van der Waals surface area contributed by atoms with Gasteiger partial charge in [0.2, 0.25) is 10.0 Å². The number of furan rings is 1. The van der Waals surface area contributed by atoms with E-state index in [1.165, 1.54) is 50.5 Å². The maximum Gasteiger partial charge on any atom is 0.255 e. The molecule has 0 aliphatic rings. The molecule has 12 heteroatoms. The molecule has 1 N–H and O–H groups in total. The first-order valence-electron chi connectivity index (χ1n) is 12.7. The SMILES string of the molecule is CNC(=O)c1c(-c2ccc(F)cc2)oc2cc(N(C)S(C)(=O)=O)c(-c3ccc4ncn(-c5ccc(F)cn5)c4c3)cc12. The van der Waals surface area contributed by atoms with E-state index in [4.69, 9.17) is 4.42 Å². The van der Waals surface area contributed by atoms with Crippen LogP contribution in [0.5, 0.6) is 0 Å². The van der Waals surface area contributed by atoms with Crippen LogP contribution in [0.2, 0.25) is 0 Å². The number of benzene rings is 3. The molecule has 212 valence electrons. The highest BCUT2D eigenvalue weighted by molar-refractivity contribution is 7.92. The molecule has 3 heterocycles. The summed E-state index contributed by atoms with van der Waals surface area (Å²) in [6, 6.07) is 17.0. The van der Waals surface area contributed by atoms with Crippen molar-refractivity contribution in [2.45, 2.75) is 0 Å². The molecule has 0 aliphatic carbocycles. The molecule has 0 saturated heterocycles. The molecule has 0 bridgehead atoms. The van der Waals surface area contributed by atoms with Gasteiger partial charge < -0.3 is 9.73 Å². The summed E-state index contributed by atoms with van der Waals surface area (Å²) in [5.74, 6) is -0.691. The van der Waals surface area contributed by atoms with Crippen molar-refractivity contribution in [1.29, 1.82) is 0 Å². The quantitative estimate of drug-likeness (QED) is 0.274. The van der Waals surface area contributed by atoms with Crippen LogP contribution in [-0.2, 0) is 10.0 Å². The summed E-state index contributed by atoms with van der Waals surface area (Å²) < 4.78 is 61.6. The van der Waals surface area contributed by atoms with Crippen LogP contribution in [0, 0.1) is 11.6 Å². The van der Waals surface area contributed by atoms with Gasteiger partial charge in [-0.15, -0.1) is 0 Å². The molecule has 0 aliphatic heterocycles. The average molecular weight is 588 g/mol. The van der Waals surface area contributed by atoms with E-state index in [9.17, 15) is 22.0 Å². The zero-order valence-corrected chi connectivity index (χ0v) is 23.4. The van der Waals surface area contributed by atoms with E-state index in [1.807, 2.05) is 6.07 Å². The molecule has 0 unspecified atom stereocenters. The van der Waals surface area contributed by atoms with E-state index in [0.29, 0.717) is 44.6 Å². The van der Waals surface area contributed by atoms with Crippen molar-refractivity contribution < 1.29 is 26.4 Å². The number of aromatic nitrogens is 3. The number of carbonyl (C=O) groups is 1. The van der Waals surface area contributed by atoms with Crippen LogP contribution in [0.4, 0.5) is 14.5 Å². The molecule has 1 amide bonds. The number of nitrogens with one attached hydrogen (secondary N) is 1. The third kappa shape index (κ3) is 4.65. The smallest absolute Gasteiger partial charge is 0.255 e. The van der Waals surface area contributed by atoms with Crippen molar-refractivity contribution in [3.8, 4) is 28.3 Å². The summed E-state index contributed by atoms with van der Waals surface area (Å²) in [5, 5.41) is 3.06. The monoisotopic (exact) mass is 587 g/mol. The lowest BCUT2D eigenvalue weighted by atomic mass is 9.98. The number of fused-ring (bicyclic) bond motifs is 2. The number of hydrogen-bond donors (Lipinski definition) is 1. The summed E-state index contributed by atoms with van der Waals surface area (Å²) in [6.45, 7) is 0. The van der Waals surface area contributed by atoms with Gasteiger partial charge in [-0.2, -0.15) is 0 Å². The standard InChI is InChI=1S/C30H23F2N5O4S/c1-33-30(38)28-22-13-21(18-6-10-23-25(12-18)37(16-35-23)27-11-9-20(32)15-34-27)24(36(2)42(3,39)40)14-26(22)41-29(28)17-4-7-19(31)8-5-17/h4-16H,1-3H3,(H,33,38). The predicted octanol–water partition coefficient (Wildman–Crippen LogP) is 5.53. The summed E-state index contributed by atoms with van der Waals surface area (Å²) in [5.41, 5.74) is 3.66. The van der Waals surface area contributed by atoms with Gasteiger partial charge in [-0.25, -0.2) is 27.2 Å². The second-order valence-electron chi connectivity index (χ2n) is 9.64. The highest BCUT2D eigenvalue weighted by Gasteiger charge is 2.26. The highest BCUT2D eigenvalue weighted by Crippen LogP contribution is 2.42. The fourth-order valence-electron chi connectivity index (χ4n) is 4.83. The zero-order chi connectivity index (χ0) is 29.8. The van der Waals surface area contributed by atoms with Gasteiger partial charge in [0.15, 0.2) is 0 Å². The normalized spacial score (nSPS) is 11.7. The number of halogens is 2. The van der Waals surface area contributed by atoms with E-state index in [-0.39, 0.29) is 16.9 Å². The molecule has 9 nitrogen and oxygen atoms in total. The molecule has 0 atom stereocenters. The maximum absolute atomic E-state index is 13.7. The van der Waals surface area contributed by atoms with Crippen molar-refractivity contribution in [1.82, 2.24) is 19.9 Å². The van der Waals surface area contributed by atoms with Gasteiger partial charge in [-0.1, -0.05) is 6.07 Å². The second-order valence-corrected chi connectivity index (χ2v) is 11.7. The van der Waals surface area contributed by atoms with Gasteiger partial charge in [0.25, 0.3) is 5.91 Å². The Morgan fingerprint density at radius 1 is 0.952 bits per heavy atom. The lowest BCUT2D eigenvalue weighted by Gasteiger charge is -2.21. The van der Waals surface area contributed by atoms with Gasteiger partial charge in [0.1, 0.15) is 35.1 Å². The Morgan fingerprint density at radius 3 is 2.33 bits per heavy atom. The lowest BCUT2D eigenvalue weighted by molar-refractivity contribution is 0.0964. The van der Waals surface area contributed by atoms with E-state index < -0.39 is 27.6 Å². The minimum atomic E-state index is -3.72. The average Bonchev–Trinajstić information content (AvgIpc) is 3.57. The van der Waals surface area contributed by atoms with Gasteiger partial charge in [0, 0.05) is 36.7 Å². The van der Waals surface area contributed by atoms with Crippen molar-refractivity contribution in [2.75, 3.05) is 24.7 Å². The van der Waals surface area contributed by atoms with Crippen LogP contribution < -0.4 is 9.62 Å². The first kappa shape index (κ1) is 27.1. The molecule has 6 rings (SSSR count). The van der Waals surface area contributed by atoms with Crippen LogP contribution in [0.1, 0.15) is 10.4 Å². The van der Waals surface area contributed by atoms with Crippen LogP contribution in [-0.4, -0.2) is 49.2 Å². The number of sulfonamides is 1. The van der Waals surface area contributed by atoms with E-state index >= 15 is 0 Å². The van der Waals surface area contributed by atoms with Gasteiger partial charge >= 0.3 is 0 Å². The lowest BCUT2D eigenvalue weighted by Crippen LogP contribution is -2.25. The Labute approximate surface area is 239 Å². The Bertz CT molecular complexity index is 2100. The van der Waals surface area contributed by atoms with Crippen molar-refractivity contribution >= 4 is 43.6 Å². The number of carbonyl (C=O) groups excluding carboxylic acids is 1. The Hall–Kier alpha value is -5.10. The minimum Gasteiger partial charge on any atom is -0.455 e. The van der Waals surface area contributed by atoms with Crippen LogP contribution in [0.15, 0.2) is 83.7 Å². The van der Waals surface area contributed by atoms with E-state index in [2.05, 4.69) is 15.3 Å². The fourth-order valence-corrected chi connectivity index (χ4v) is 5.33. The summed E-state index contributed by atoms with van der Waals surface area (Å²) in [7, 11) is -0.803. The number of imidazole rings is 1. The number of rotatable bonds is 6. The molecule has 0 saturated carbocycles.